The Hall–Kier alpha value is -6.88. The predicted octanol–water partition coefficient (Wildman–Crippen LogP) is 14.9. The van der Waals surface area contributed by atoms with Gasteiger partial charge in [-0.1, -0.05) is 172 Å². The van der Waals surface area contributed by atoms with Crippen molar-refractivity contribution >= 4 is 92.1 Å². The lowest BCUT2D eigenvalue weighted by molar-refractivity contribution is 0.638. The fourth-order valence-corrected chi connectivity index (χ4v) is 10.9. The number of nitrogens with zero attached hydrogens (tertiary/aromatic N) is 3. The summed E-state index contributed by atoms with van der Waals surface area (Å²) >= 11 is 1.88. The van der Waals surface area contributed by atoms with E-state index in [1.54, 1.807) is 0 Å². The molecule has 0 fully saturated rings. The van der Waals surface area contributed by atoms with E-state index in [1.165, 1.54) is 64.1 Å². The topological polar surface area (TPSA) is 29.0 Å². The molecule has 0 unspecified atom stereocenters. The van der Waals surface area contributed by atoms with Gasteiger partial charge in [0.05, 0.1) is 27.3 Å². The summed E-state index contributed by atoms with van der Waals surface area (Å²) < 4.78 is 2.53. The number of anilines is 3. The van der Waals surface area contributed by atoms with E-state index < -0.39 is 0 Å². The number of para-hydroxylation sites is 1. The summed E-state index contributed by atoms with van der Waals surface area (Å²) in [7, 11) is 0. The van der Waals surface area contributed by atoms with Crippen LogP contribution in [0.15, 0.2) is 176 Å². The Bertz CT molecular complexity index is 3450. The lowest BCUT2D eigenvalue weighted by atomic mass is 9.71. The van der Waals surface area contributed by atoms with Crippen molar-refractivity contribution in [3.05, 3.63) is 187 Å². The molecule has 0 bridgehead atoms. The van der Waals surface area contributed by atoms with E-state index in [-0.39, 0.29) is 5.41 Å². The van der Waals surface area contributed by atoms with Gasteiger partial charge in [0.2, 0.25) is 5.95 Å². The van der Waals surface area contributed by atoms with E-state index in [2.05, 4.69) is 195 Å². The molecule has 0 radical (unpaired) electrons. The molecule has 4 heteroatoms. The normalized spacial score (nSPS) is 13.5. The second-order valence-corrected chi connectivity index (χ2v) is 16.7. The molecule has 12 rings (SSSR count). The van der Waals surface area contributed by atoms with E-state index in [0.29, 0.717) is 5.95 Å². The number of hydrogen-bond acceptors (Lipinski definition) is 4. The maximum Gasteiger partial charge on any atom is 0.235 e. The van der Waals surface area contributed by atoms with Crippen LogP contribution in [-0.4, -0.2) is 9.97 Å². The lowest BCUT2D eigenvalue weighted by Gasteiger charge is -2.42. The van der Waals surface area contributed by atoms with Gasteiger partial charge in [0.1, 0.15) is 0 Å². The maximum absolute atomic E-state index is 5.79. The van der Waals surface area contributed by atoms with Crippen LogP contribution in [0, 0.1) is 0 Å². The summed E-state index contributed by atoms with van der Waals surface area (Å²) in [5.41, 5.74) is 9.78. The van der Waals surface area contributed by atoms with Crippen LogP contribution >= 0.6 is 11.3 Å². The summed E-state index contributed by atoms with van der Waals surface area (Å²) in [4.78, 5) is 13.9. The third kappa shape index (κ3) is 4.59. The van der Waals surface area contributed by atoms with Gasteiger partial charge in [0, 0.05) is 37.2 Å². The van der Waals surface area contributed by atoms with Gasteiger partial charge in [-0.3, -0.25) is 4.90 Å². The van der Waals surface area contributed by atoms with Gasteiger partial charge in [-0.25, -0.2) is 9.97 Å². The van der Waals surface area contributed by atoms with Crippen LogP contribution in [0.2, 0.25) is 0 Å². The van der Waals surface area contributed by atoms with Crippen molar-refractivity contribution in [1.82, 2.24) is 9.97 Å². The molecule has 3 heterocycles. The Morgan fingerprint density at radius 1 is 0.474 bits per heavy atom. The SMILES string of the molecule is CC1(C)c2ccccc2N(c2nc(-c3cccc(-c4ccccc4)c3)c3c4ccccc4c4ccccc4c3n2)c2c1c1ccccc1c1c2sc2ccccc21. The van der Waals surface area contributed by atoms with Gasteiger partial charge in [0.15, 0.2) is 0 Å². The molecule has 57 heavy (non-hydrogen) atoms. The Morgan fingerprint density at radius 2 is 1.05 bits per heavy atom. The molecule has 2 aromatic heterocycles. The second kappa shape index (κ2) is 12.1. The Kier molecular flexibility index (Phi) is 6.85. The van der Waals surface area contributed by atoms with Crippen molar-refractivity contribution in [3.8, 4) is 22.4 Å². The van der Waals surface area contributed by atoms with Crippen molar-refractivity contribution in [2.75, 3.05) is 4.90 Å². The molecular weight excluding hydrogens is 711 g/mol. The highest BCUT2D eigenvalue weighted by Gasteiger charge is 2.41. The van der Waals surface area contributed by atoms with Gasteiger partial charge in [-0.15, -0.1) is 11.3 Å². The highest BCUT2D eigenvalue weighted by atomic mass is 32.1. The van der Waals surface area contributed by atoms with Gasteiger partial charge in [0.25, 0.3) is 0 Å². The third-order valence-corrected chi connectivity index (χ3v) is 13.4. The van der Waals surface area contributed by atoms with Crippen molar-refractivity contribution in [1.29, 1.82) is 0 Å². The van der Waals surface area contributed by atoms with Gasteiger partial charge in [-0.2, -0.15) is 0 Å². The second-order valence-electron chi connectivity index (χ2n) is 15.7. The number of aromatic nitrogens is 2. The first kappa shape index (κ1) is 32.4. The first-order valence-corrected chi connectivity index (χ1v) is 20.4. The van der Waals surface area contributed by atoms with Crippen LogP contribution in [-0.2, 0) is 5.41 Å². The molecule has 1 aliphatic heterocycles. The number of rotatable bonds is 3. The largest absolute Gasteiger partial charge is 0.277 e. The standard InChI is InChI=1S/C53H35N3S/c1-53(2)42-28-13-14-29-43(42)56(50-47(53)39-25-10-9-24-38(39)45-41-27-12-15-30-44(41)57-51(45)50)52-54-48(34-20-16-19-33(31-34)32-17-4-3-5-18-32)46-37-23-8-6-21-35(37)36-22-7-11-26-40(36)49(46)55-52/h3-31H,1-2H3. The van der Waals surface area contributed by atoms with E-state index in [9.17, 15) is 0 Å². The summed E-state index contributed by atoms with van der Waals surface area (Å²) in [6.07, 6.45) is 0. The van der Waals surface area contributed by atoms with Crippen LogP contribution in [0.1, 0.15) is 25.0 Å². The van der Waals surface area contributed by atoms with Crippen molar-refractivity contribution in [2.24, 2.45) is 0 Å². The fraction of sp³-hybridized carbons (Fsp3) is 0.0566. The monoisotopic (exact) mass is 745 g/mol. The molecular formula is C53H35N3S. The van der Waals surface area contributed by atoms with Crippen molar-refractivity contribution in [2.45, 2.75) is 19.3 Å². The first-order valence-electron chi connectivity index (χ1n) is 19.6. The van der Waals surface area contributed by atoms with Crippen molar-refractivity contribution < 1.29 is 0 Å². The molecule has 0 saturated heterocycles. The maximum atomic E-state index is 5.79. The van der Waals surface area contributed by atoms with Crippen LogP contribution in [0.5, 0.6) is 0 Å². The summed E-state index contributed by atoms with van der Waals surface area (Å²) in [6, 6.07) is 63.7. The van der Waals surface area contributed by atoms with Crippen LogP contribution in [0.25, 0.3) is 85.8 Å². The van der Waals surface area contributed by atoms with Crippen LogP contribution in [0.3, 0.4) is 0 Å². The average molecular weight is 746 g/mol. The summed E-state index contributed by atoms with van der Waals surface area (Å²) in [6.45, 7) is 4.77. The van der Waals surface area contributed by atoms with Gasteiger partial charge < -0.3 is 0 Å². The average Bonchev–Trinajstić information content (AvgIpc) is 3.67. The van der Waals surface area contributed by atoms with E-state index >= 15 is 0 Å². The minimum absolute atomic E-state index is 0.307. The number of benzene rings is 9. The molecule has 0 saturated carbocycles. The Morgan fingerprint density at radius 3 is 1.84 bits per heavy atom. The summed E-state index contributed by atoms with van der Waals surface area (Å²) in [5, 5.41) is 10.8. The molecule has 0 aliphatic carbocycles. The zero-order chi connectivity index (χ0) is 37.8. The molecule has 0 N–H and O–H groups in total. The van der Waals surface area contributed by atoms with Crippen LogP contribution in [0.4, 0.5) is 17.3 Å². The molecule has 1 aliphatic rings. The predicted molar refractivity (Wildman–Crippen MR) is 243 cm³/mol. The Labute approximate surface area is 334 Å². The summed E-state index contributed by atoms with van der Waals surface area (Å²) in [5.74, 6) is 0.668. The number of fused-ring (bicyclic) bond motifs is 15. The van der Waals surface area contributed by atoms with Crippen LogP contribution < -0.4 is 4.90 Å². The fourth-order valence-electron chi connectivity index (χ4n) is 9.69. The minimum atomic E-state index is -0.307. The minimum Gasteiger partial charge on any atom is -0.277 e. The van der Waals surface area contributed by atoms with Crippen molar-refractivity contribution in [3.63, 3.8) is 0 Å². The number of hydrogen-bond donors (Lipinski definition) is 0. The molecule has 0 spiro atoms. The van der Waals surface area contributed by atoms with Gasteiger partial charge in [-0.05, 0) is 67.4 Å². The molecule has 11 aromatic rings. The third-order valence-electron chi connectivity index (χ3n) is 12.2. The smallest absolute Gasteiger partial charge is 0.235 e. The zero-order valence-corrected chi connectivity index (χ0v) is 32.3. The quantitative estimate of drug-likeness (QED) is 0.169. The highest BCUT2D eigenvalue weighted by Crippen LogP contribution is 2.59. The van der Waals surface area contributed by atoms with Gasteiger partial charge >= 0.3 is 0 Å². The van der Waals surface area contributed by atoms with E-state index in [1.807, 2.05) is 11.3 Å². The first-order chi connectivity index (χ1) is 28.1. The molecule has 3 nitrogen and oxygen atoms in total. The molecule has 0 atom stereocenters. The van der Waals surface area contributed by atoms with E-state index in [0.717, 1.165) is 44.2 Å². The Balaban J connectivity index is 1.27. The molecule has 0 amide bonds. The zero-order valence-electron chi connectivity index (χ0n) is 31.5. The highest BCUT2D eigenvalue weighted by molar-refractivity contribution is 7.26. The van der Waals surface area contributed by atoms with E-state index in [4.69, 9.17) is 9.97 Å². The molecule has 9 aromatic carbocycles. The molecule has 268 valence electrons. The lowest BCUT2D eigenvalue weighted by Crippen LogP contribution is -2.31. The number of thiophene rings is 1.